The molecule has 3 heterocycles. The molecule has 0 amide bonds. The number of methoxy groups -OCH3 is 1. The van der Waals surface area contributed by atoms with Crippen molar-refractivity contribution in [2.24, 2.45) is 5.41 Å². The summed E-state index contributed by atoms with van der Waals surface area (Å²) in [5, 5.41) is 0. The number of rotatable bonds is 4. The molecule has 2 N–H and O–H groups in total. The van der Waals surface area contributed by atoms with Gasteiger partial charge >= 0.3 is 0 Å². The Morgan fingerprint density at radius 2 is 1.81 bits per heavy atom. The lowest BCUT2D eigenvalue weighted by molar-refractivity contribution is -0.123. The SMILES string of the molecule is COC1C(OC(C)(C)C)[C@@H](CC(C)(C)C)O[C@H]1n1cnc2c(N)ncnc21. The van der Waals surface area contributed by atoms with Gasteiger partial charge in [-0.2, -0.15) is 0 Å². The van der Waals surface area contributed by atoms with Crippen LogP contribution in [0.3, 0.4) is 0 Å². The molecule has 2 aromatic rings. The first kappa shape index (κ1) is 20.0. The van der Waals surface area contributed by atoms with E-state index < -0.39 is 6.23 Å². The number of imidazole rings is 1. The van der Waals surface area contributed by atoms with Gasteiger partial charge in [-0.1, -0.05) is 20.8 Å². The Balaban J connectivity index is 2.00. The fourth-order valence-electron chi connectivity index (χ4n) is 3.56. The predicted octanol–water partition coefficient (Wildman–Crippen LogP) is 2.94. The molecule has 0 aliphatic carbocycles. The second-order valence-corrected chi connectivity index (χ2v) is 9.31. The van der Waals surface area contributed by atoms with Crippen LogP contribution in [0.15, 0.2) is 12.7 Å². The zero-order chi connectivity index (χ0) is 20.0. The molecule has 1 aliphatic heterocycles. The maximum Gasteiger partial charge on any atom is 0.167 e. The van der Waals surface area contributed by atoms with Crippen LogP contribution in [-0.4, -0.2) is 50.5 Å². The first-order chi connectivity index (χ1) is 12.5. The standard InChI is InChI=1S/C19H31N5O3/c1-18(2,3)8-11-13(27-19(4,5)6)14(25-7)17(26-11)24-10-23-12-15(20)21-9-22-16(12)24/h9-11,13-14,17H,8H2,1-7H3,(H2,20,21,22)/t11-,13?,14?,17-/m1/s1. The lowest BCUT2D eigenvalue weighted by atomic mass is 9.87. The van der Waals surface area contributed by atoms with Gasteiger partial charge in [0.25, 0.3) is 0 Å². The van der Waals surface area contributed by atoms with Gasteiger partial charge in [0.05, 0.1) is 18.0 Å². The Hall–Kier alpha value is -1.77. The largest absolute Gasteiger partial charge is 0.382 e. The maximum absolute atomic E-state index is 6.46. The van der Waals surface area contributed by atoms with Crippen molar-refractivity contribution in [1.82, 2.24) is 19.5 Å². The molecule has 8 nitrogen and oxygen atoms in total. The molecule has 0 saturated carbocycles. The molecule has 1 saturated heterocycles. The number of aromatic nitrogens is 4. The van der Waals surface area contributed by atoms with Crippen molar-refractivity contribution >= 4 is 17.0 Å². The van der Waals surface area contributed by atoms with E-state index >= 15 is 0 Å². The van der Waals surface area contributed by atoms with Gasteiger partial charge in [0.2, 0.25) is 0 Å². The van der Waals surface area contributed by atoms with Crippen LogP contribution in [0.25, 0.3) is 11.2 Å². The second-order valence-electron chi connectivity index (χ2n) is 9.31. The van der Waals surface area contributed by atoms with Gasteiger partial charge in [-0.15, -0.1) is 0 Å². The minimum Gasteiger partial charge on any atom is -0.382 e. The lowest BCUT2D eigenvalue weighted by Gasteiger charge is -2.32. The molecular weight excluding hydrogens is 346 g/mol. The van der Waals surface area contributed by atoms with E-state index in [1.165, 1.54) is 6.33 Å². The highest BCUT2D eigenvalue weighted by Gasteiger charge is 2.49. The van der Waals surface area contributed by atoms with E-state index in [9.17, 15) is 0 Å². The van der Waals surface area contributed by atoms with Crippen molar-refractivity contribution in [1.29, 1.82) is 0 Å². The van der Waals surface area contributed by atoms with Crippen molar-refractivity contribution in [2.75, 3.05) is 12.8 Å². The Kier molecular flexibility index (Phi) is 5.18. The zero-order valence-electron chi connectivity index (χ0n) is 17.3. The van der Waals surface area contributed by atoms with Gasteiger partial charge in [0.15, 0.2) is 17.7 Å². The average molecular weight is 377 g/mol. The summed E-state index contributed by atoms with van der Waals surface area (Å²) in [7, 11) is 1.68. The van der Waals surface area contributed by atoms with Crippen molar-refractivity contribution in [2.45, 2.75) is 78.1 Å². The molecule has 27 heavy (non-hydrogen) atoms. The molecule has 1 aliphatic rings. The van der Waals surface area contributed by atoms with Crippen LogP contribution < -0.4 is 5.73 Å². The third-order valence-electron chi connectivity index (χ3n) is 4.52. The molecule has 0 radical (unpaired) electrons. The third-order valence-corrected chi connectivity index (χ3v) is 4.52. The van der Waals surface area contributed by atoms with Crippen molar-refractivity contribution in [3.63, 3.8) is 0 Å². The van der Waals surface area contributed by atoms with Gasteiger partial charge in [-0.05, 0) is 32.6 Å². The Morgan fingerprint density at radius 3 is 2.41 bits per heavy atom. The quantitative estimate of drug-likeness (QED) is 0.875. The summed E-state index contributed by atoms with van der Waals surface area (Å²) < 4.78 is 20.6. The number of ether oxygens (including phenoxy) is 3. The van der Waals surface area contributed by atoms with E-state index in [1.54, 1.807) is 13.4 Å². The number of nitrogens with two attached hydrogens (primary N) is 1. The number of hydrogen-bond acceptors (Lipinski definition) is 7. The molecule has 1 fully saturated rings. The maximum atomic E-state index is 6.46. The molecule has 4 atom stereocenters. The minimum absolute atomic E-state index is 0.0843. The summed E-state index contributed by atoms with van der Waals surface area (Å²) >= 11 is 0. The Labute approximate surface area is 160 Å². The minimum atomic E-state index is -0.408. The van der Waals surface area contributed by atoms with E-state index in [0.717, 1.165) is 6.42 Å². The summed E-state index contributed by atoms with van der Waals surface area (Å²) in [4.78, 5) is 12.7. The number of hydrogen-bond donors (Lipinski definition) is 1. The number of fused-ring (bicyclic) bond motifs is 1. The molecule has 0 bridgehead atoms. The van der Waals surface area contributed by atoms with Crippen molar-refractivity contribution < 1.29 is 14.2 Å². The molecule has 2 unspecified atom stereocenters. The van der Waals surface area contributed by atoms with E-state index in [4.69, 9.17) is 19.9 Å². The van der Waals surface area contributed by atoms with E-state index in [0.29, 0.717) is 17.0 Å². The molecule has 0 aromatic carbocycles. The average Bonchev–Trinajstić information content (AvgIpc) is 3.07. The number of anilines is 1. The third kappa shape index (κ3) is 4.23. The monoisotopic (exact) mass is 377 g/mol. The van der Waals surface area contributed by atoms with Crippen LogP contribution in [0.2, 0.25) is 0 Å². The molecular formula is C19H31N5O3. The topological polar surface area (TPSA) is 97.3 Å². The van der Waals surface area contributed by atoms with Crippen LogP contribution in [0.1, 0.15) is 54.2 Å². The summed E-state index contributed by atoms with van der Waals surface area (Å²) in [5.74, 6) is 0.347. The summed E-state index contributed by atoms with van der Waals surface area (Å²) in [6.07, 6.45) is 2.92. The summed E-state index contributed by atoms with van der Waals surface area (Å²) in [5.41, 5.74) is 6.88. The molecule has 8 heteroatoms. The van der Waals surface area contributed by atoms with E-state index in [2.05, 4.69) is 35.7 Å². The highest BCUT2D eigenvalue weighted by molar-refractivity contribution is 5.81. The summed E-state index contributed by atoms with van der Waals surface area (Å²) in [6.45, 7) is 12.7. The molecule has 0 spiro atoms. The fraction of sp³-hybridized carbons (Fsp3) is 0.737. The van der Waals surface area contributed by atoms with E-state index in [1.807, 2.05) is 25.3 Å². The Morgan fingerprint density at radius 1 is 1.11 bits per heavy atom. The fourth-order valence-corrected chi connectivity index (χ4v) is 3.56. The Bertz CT molecular complexity index is 793. The van der Waals surface area contributed by atoms with Crippen LogP contribution in [0, 0.1) is 5.41 Å². The van der Waals surface area contributed by atoms with Crippen LogP contribution in [0.5, 0.6) is 0 Å². The molecule has 2 aromatic heterocycles. The normalized spacial score (nSPS) is 26.8. The van der Waals surface area contributed by atoms with Gasteiger partial charge < -0.3 is 19.9 Å². The van der Waals surface area contributed by atoms with Crippen LogP contribution in [-0.2, 0) is 14.2 Å². The smallest absolute Gasteiger partial charge is 0.167 e. The van der Waals surface area contributed by atoms with Crippen molar-refractivity contribution in [3.05, 3.63) is 12.7 Å². The van der Waals surface area contributed by atoms with E-state index in [-0.39, 0.29) is 29.3 Å². The molecule has 150 valence electrons. The molecule has 3 rings (SSSR count). The summed E-state index contributed by atoms with van der Waals surface area (Å²) in [6, 6.07) is 0. The van der Waals surface area contributed by atoms with Gasteiger partial charge in [-0.3, -0.25) is 4.57 Å². The second kappa shape index (κ2) is 7.00. The van der Waals surface area contributed by atoms with Gasteiger partial charge in [0.1, 0.15) is 24.1 Å². The predicted molar refractivity (Wildman–Crippen MR) is 103 cm³/mol. The van der Waals surface area contributed by atoms with Crippen LogP contribution >= 0.6 is 0 Å². The van der Waals surface area contributed by atoms with Gasteiger partial charge in [-0.25, -0.2) is 15.0 Å². The zero-order valence-corrected chi connectivity index (χ0v) is 17.3. The lowest BCUT2D eigenvalue weighted by Crippen LogP contribution is -2.42. The number of nitrogen functional groups attached to an aromatic ring is 1. The first-order valence-electron chi connectivity index (χ1n) is 9.29. The van der Waals surface area contributed by atoms with Gasteiger partial charge in [0, 0.05) is 7.11 Å². The van der Waals surface area contributed by atoms with Crippen molar-refractivity contribution in [3.8, 4) is 0 Å². The first-order valence-corrected chi connectivity index (χ1v) is 9.29. The highest BCUT2D eigenvalue weighted by Crippen LogP contribution is 2.41. The number of nitrogens with zero attached hydrogens (tertiary/aromatic N) is 4. The van der Waals surface area contributed by atoms with Crippen LogP contribution in [0.4, 0.5) is 5.82 Å². The highest BCUT2D eigenvalue weighted by atomic mass is 16.6.